The first-order chi connectivity index (χ1) is 21.8. The minimum atomic E-state index is -0.796. The fraction of sp³-hybridized carbons (Fsp3) is 0.182. The molecule has 0 aliphatic carbocycles. The van der Waals surface area contributed by atoms with Crippen LogP contribution in [0.4, 0.5) is 4.39 Å². The summed E-state index contributed by atoms with van der Waals surface area (Å²) in [6.07, 6.45) is 2.61. The maximum Gasteiger partial charge on any atom is 0.338 e. The van der Waals surface area contributed by atoms with Gasteiger partial charge in [0.1, 0.15) is 11.5 Å². The van der Waals surface area contributed by atoms with Crippen LogP contribution in [-0.2, 0) is 9.53 Å². The third-order valence-corrected chi connectivity index (χ3v) is 8.28. The van der Waals surface area contributed by atoms with Gasteiger partial charge in [-0.2, -0.15) is 9.37 Å². The molecule has 0 N–H and O–H groups in total. The lowest BCUT2D eigenvalue weighted by atomic mass is 9.96. The summed E-state index contributed by atoms with van der Waals surface area (Å²) in [5, 5.41) is 1.45. The van der Waals surface area contributed by atoms with Crippen molar-refractivity contribution in [3.63, 3.8) is 0 Å². The molecule has 0 amide bonds. The van der Waals surface area contributed by atoms with E-state index in [1.54, 1.807) is 38.1 Å². The average molecular weight is 645 g/mol. The SMILES string of the molecule is CCOC(=O)C1=C(C)N=c2s/c(=C\c3c(Oc4nc(Cl)ncc4F)ccc4ccccc34)c(=O)n2[C@H]1c1ccc(OCC)cc1. The van der Waals surface area contributed by atoms with Crippen LogP contribution in [0.3, 0.4) is 0 Å². The number of carbonyl (C=O) groups excluding carboxylic acids is 1. The largest absolute Gasteiger partial charge is 0.494 e. The highest BCUT2D eigenvalue weighted by Crippen LogP contribution is 2.34. The van der Waals surface area contributed by atoms with E-state index in [1.165, 1.54) is 15.9 Å². The molecule has 0 saturated carbocycles. The maximum atomic E-state index is 14.6. The molecule has 2 aromatic heterocycles. The van der Waals surface area contributed by atoms with Gasteiger partial charge < -0.3 is 14.2 Å². The zero-order chi connectivity index (χ0) is 31.7. The minimum absolute atomic E-state index is 0.165. The number of aromatic nitrogens is 3. The first-order valence-corrected chi connectivity index (χ1v) is 15.3. The lowest BCUT2D eigenvalue weighted by Gasteiger charge is -2.24. The van der Waals surface area contributed by atoms with Gasteiger partial charge in [-0.05, 0) is 73.0 Å². The number of fused-ring (bicyclic) bond motifs is 2. The second-order valence-electron chi connectivity index (χ2n) is 9.90. The summed E-state index contributed by atoms with van der Waals surface area (Å²) < 4.78 is 33.3. The summed E-state index contributed by atoms with van der Waals surface area (Å²) in [5.74, 6) is -0.791. The Kier molecular flexibility index (Phi) is 8.46. The number of nitrogens with zero attached hydrogens (tertiary/aromatic N) is 4. The van der Waals surface area contributed by atoms with E-state index in [-0.39, 0.29) is 34.7 Å². The first-order valence-electron chi connectivity index (χ1n) is 14.1. The van der Waals surface area contributed by atoms with Crippen molar-refractivity contribution in [2.45, 2.75) is 26.8 Å². The molecule has 0 spiro atoms. The first kappa shape index (κ1) is 30.2. The van der Waals surface area contributed by atoms with Gasteiger partial charge in [0.05, 0.1) is 41.3 Å². The van der Waals surface area contributed by atoms with E-state index in [0.29, 0.717) is 38.5 Å². The van der Waals surface area contributed by atoms with Gasteiger partial charge in [-0.15, -0.1) is 0 Å². The Bertz CT molecular complexity index is 2160. The van der Waals surface area contributed by atoms with Gasteiger partial charge in [0, 0.05) is 5.56 Å². The standard InChI is InChI=1S/C33H26ClFN4O5S/c1-4-42-21-13-10-20(11-14-21)28-27(31(41)43-5-2)18(3)37-33-39(28)30(40)26(45-33)16-23-22-9-7-6-8-19(22)12-15-25(23)44-29-24(35)17-36-32(34)38-29/h6-17,28H,4-5H2,1-3H3/b26-16-/t28-/m0/s1. The molecule has 3 heterocycles. The van der Waals surface area contributed by atoms with Gasteiger partial charge in [0.2, 0.25) is 11.1 Å². The second-order valence-corrected chi connectivity index (χ2v) is 11.2. The third-order valence-electron chi connectivity index (χ3n) is 7.12. The molecule has 45 heavy (non-hydrogen) atoms. The van der Waals surface area contributed by atoms with E-state index in [2.05, 4.69) is 15.0 Å². The highest BCUT2D eigenvalue weighted by atomic mass is 35.5. The molecule has 6 rings (SSSR count). The number of hydrogen-bond donors (Lipinski definition) is 0. The monoisotopic (exact) mass is 644 g/mol. The van der Waals surface area contributed by atoms with Crippen molar-refractivity contribution < 1.29 is 23.4 Å². The van der Waals surface area contributed by atoms with E-state index in [0.717, 1.165) is 17.0 Å². The molecule has 0 fully saturated rings. The number of hydrogen-bond acceptors (Lipinski definition) is 9. The summed E-state index contributed by atoms with van der Waals surface area (Å²) in [4.78, 5) is 40.1. The van der Waals surface area contributed by atoms with Crippen LogP contribution in [0, 0.1) is 5.82 Å². The third kappa shape index (κ3) is 5.84. The molecule has 1 aliphatic heterocycles. The smallest absolute Gasteiger partial charge is 0.338 e. The lowest BCUT2D eigenvalue weighted by molar-refractivity contribution is -0.139. The molecule has 0 radical (unpaired) electrons. The Morgan fingerprint density at radius 3 is 2.62 bits per heavy atom. The van der Waals surface area contributed by atoms with E-state index in [4.69, 9.17) is 25.8 Å². The number of thiazole rings is 1. The minimum Gasteiger partial charge on any atom is -0.494 e. The number of halogens is 2. The molecule has 9 nitrogen and oxygen atoms in total. The number of carbonyl (C=O) groups is 1. The van der Waals surface area contributed by atoms with Gasteiger partial charge in [0.25, 0.3) is 11.4 Å². The van der Waals surface area contributed by atoms with E-state index < -0.39 is 17.8 Å². The normalized spacial score (nSPS) is 14.7. The van der Waals surface area contributed by atoms with Crippen molar-refractivity contribution in [3.05, 3.63) is 120 Å². The van der Waals surface area contributed by atoms with Crippen LogP contribution < -0.4 is 24.4 Å². The van der Waals surface area contributed by atoms with Crippen molar-refractivity contribution in [1.29, 1.82) is 0 Å². The summed E-state index contributed by atoms with van der Waals surface area (Å²) in [7, 11) is 0. The molecule has 0 saturated heterocycles. The van der Waals surface area contributed by atoms with Crippen LogP contribution in [0.25, 0.3) is 16.8 Å². The lowest BCUT2D eigenvalue weighted by Crippen LogP contribution is -2.39. The van der Waals surface area contributed by atoms with Crippen molar-refractivity contribution in [2.24, 2.45) is 4.99 Å². The number of ether oxygens (including phenoxy) is 3. The molecular formula is C33H26ClFN4O5S. The molecular weight excluding hydrogens is 619 g/mol. The molecule has 1 atom stereocenters. The van der Waals surface area contributed by atoms with Crippen LogP contribution in [0.1, 0.15) is 37.9 Å². The highest BCUT2D eigenvalue weighted by molar-refractivity contribution is 7.07. The van der Waals surface area contributed by atoms with Crippen molar-refractivity contribution in [2.75, 3.05) is 13.2 Å². The Balaban J connectivity index is 1.56. The van der Waals surface area contributed by atoms with E-state index in [1.807, 2.05) is 49.4 Å². The van der Waals surface area contributed by atoms with Gasteiger partial charge in [0.15, 0.2) is 4.80 Å². The van der Waals surface area contributed by atoms with Crippen molar-refractivity contribution >= 4 is 45.8 Å². The number of allylic oxidation sites excluding steroid dienone is 1. The highest BCUT2D eigenvalue weighted by Gasteiger charge is 2.33. The van der Waals surface area contributed by atoms with Crippen molar-refractivity contribution in [3.8, 4) is 17.4 Å². The molecule has 3 aromatic carbocycles. The summed E-state index contributed by atoms with van der Waals surface area (Å²) >= 11 is 7.07. The van der Waals surface area contributed by atoms with Gasteiger partial charge in [-0.1, -0.05) is 53.8 Å². The zero-order valence-electron chi connectivity index (χ0n) is 24.4. The average Bonchev–Trinajstić information content (AvgIpc) is 3.33. The van der Waals surface area contributed by atoms with Crippen LogP contribution in [0.5, 0.6) is 17.4 Å². The Morgan fingerprint density at radius 2 is 1.87 bits per heavy atom. The molecule has 12 heteroatoms. The Labute approximate surface area is 265 Å². The Morgan fingerprint density at radius 1 is 1.09 bits per heavy atom. The predicted molar refractivity (Wildman–Crippen MR) is 169 cm³/mol. The molecule has 228 valence electrons. The number of benzene rings is 3. The van der Waals surface area contributed by atoms with Crippen LogP contribution >= 0.6 is 22.9 Å². The molecule has 0 bridgehead atoms. The number of esters is 1. The van der Waals surface area contributed by atoms with Gasteiger partial charge >= 0.3 is 5.97 Å². The zero-order valence-corrected chi connectivity index (χ0v) is 26.0. The fourth-order valence-corrected chi connectivity index (χ4v) is 6.33. The fourth-order valence-electron chi connectivity index (χ4n) is 5.17. The van der Waals surface area contributed by atoms with Crippen LogP contribution in [-0.4, -0.2) is 33.7 Å². The van der Waals surface area contributed by atoms with Crippen LogP contribution in [0.15, 0.2) is 87.9 Å². The topological polar surface area (TPSA) is 105 Å². The summed E-state index contributed by atoms with van der Waals surface area (Å²) in [6, 6.07) is 17.5. The van der Waals surface area contributed by atoms with Crippen LogP contribution in [0.2, 0.25) is 5.28 Å². The van der Waals surface area contributed by atoms with Gasteiger partial charge in [-0.25, -0.2) is 14.8 Å². The summed E-state index contributed by atoms with van der Waals surface area (Å²) in [6.45, 7) is 6.00. The summed E-state index contributed by atoms with van der Waals surface area (Å²) in [5.41, 5.74) is 1.55. The maximum absolute atomic E-state index is 14.6. The molecule has 0 unspecified atom stereocenters. The quantitative estimate of drug-likeness (QED) is 0.157. The van der Waals surface area contributed by atoms with E-state index in [9.17, 15) is 14.0 Å². The molecule has 1 aliphatic rings. The van der Waals surface area contributed by atoms with Gasteiger partial charge in [-0.3, -0.25) is 9.36 Å². The second kappa shape index (κ2) is 12.6. The Hall–Kier alpha value is -4.87. The predicted octanol–water partition coefficient (Wildman–Crippen LogP) is 5.73. The molecule has 5 aromatic rings. The number of rotatable bonds is 8. The van der Waals surface area contributed by atoms with E-state index >= 15 is 0 Å². The van der Waals surface area contributed by atoms with Crippen molar-refractivity contribution in [1.82, 2.24) is 14.5 Å².